The number of hydrogen-bond acceptors (Lipinski definition) is 4. The average molecular weight is 340 g/mol. The number of carbonyl (C=O) groups is 1. The summed E-state index contributed by atoms with van der Waals surface area (Å²) in [7, 11) is 0. The number of rotatable bonds is 2. The maximum Gasteiger partial charge on any atom is 0.322 e. The van der Waals surface area contributed by atoms with E-state index in [1.54, 1.807) is 11.1 Å². The maximum absolute atomic E-state index is 12.9. The van der Waals surface area contributed by atoms with E-state index in [2.05, 4.69) is 20.3 Å². The van der Waals surface area contributed by atoms with E-state index in [1.165, 1.54) is 0 Å². The molecule has 0 spiro atoms. The Morgan fingerprint density at radius 1 is 1.12 bits per heavy atom. The maximum atomic E-state index is 12.9. The van der Waals surface area contributed by atoms with Crippen LogP contribution in [0, 0.1) is 5.82 Å². The third kappa shape index (κ3) is 3.10. The van der Waals surface area contributed by atoms with Crippen LogP contribution in [0.5, 0.6) is 0 Å². The van der Waals surface area contributed by atoms with Gasteiger partial charge in [0, 0.05) is 43.3 Å². The van der Waals surface area contributed by atoms with E-state index in [1.807, 2.05) is 29.2 Å². The zero-order valence-corrected chi connectivity index (χ0v) is 13.4. The molecule has 1 aliphatic heterocycles. The summed E-state index contributed by atoms with van der Waals surface area (Å²) < 4.78 is 12.9. The molecule has 4 rings (SSSR count). The van der Waals surface area contributed by atoms with Crippen molar-refractivity contribution in [3.63, 3.8) is 0 Å². The third-order valence-electron chi connectivity index (χ3n) is 4.29. The van der Waals surface area contributed by atoms with E-state index in [0.29, 0.717) is 32.1 Å². The number of nitrogens with zero attached hydrogens (tertiary/aromatic N) is 4. The molecule has 0 unspecified atom stereocenters. The van der Waals surface area contributed by atoms with Gasteiger partial charge in [-0.05, 0) is 6.07 Å². The molecule has 0 aliphatic carbocycles. The summed E-state index contributed by atoms with van der Waals surface area (Å²) in [5, 5.41) is 3.93. The number of hydrogen-bond donors (Lipinski definition) is 2. The molecule has 2 amide bonds. The standard InChI is InChI=1S/C17H17FN6O/c18-12-9-20-16(21-10-12)23-5-7-24(8-6-23)17(25)22-15-11-19-14-4-2-1-3-13(14)15/h1-4,9-11,19H,5-8H2,(H,22,25). The second-order valence-corrected chi connectivity index (χ2v) is 5.85. The second-order valence-electron chi connectivity index (χ2n) is 5.85. The number of aromatic nitrogens is 3. The van der Waals surface area contributed by atoms with Crippen LogP contribution < -0.4 is 10.2 Å². The first kappa shape index (κ1) is 15.4. The van der Waals surface area contributed by atoms with Crippen molar-refractivity contribution in [2.45, 2.75) is 0 Å². The number of amides is 2. The zero-order chi connectivity index (χ0) is 17.2. The van der Waals surface area contributed by atoms with Crippen molar-refractivity contribution in [3.05, 3.63) is 48.7 Å². The highest BCUT2D eigenvalue weighted by atomic mass is 19.1. The van der Waals surface area contributed by atoms with Crippen LogP contribution in [0.1, 0.15) is 0 Å². The number of para-hydroxylation sites is 1. The van der Waals surface area contributed by atoms with E-state index in [0.717, 1.165) is 29.0 Å². The number of anilines is 2. The van der Waals surface area contributed by atoms with E-state index in [9.17, 15) is 9.18 Å². The molecule has 0 radical (unpaired) electrons. The minimum absolute atomic E-state index is 0.135. The average Bonchev–Trinajstić information content (AvgIpc) is 3.06. The number of piperazine rings is 1. The number of H-pyrrole nitrogens is 1. The molecule has 1 fully saturated rings. The fourth-order valence-corrected chi connectivity index (χ4v) is 2.95. The van der Waals surface area contributed by atoms with Crippen LogP contribution in [0.15, 0.2) is 42.9 Å². The predicted molar refractivity (Wildman–Crippen MR) is 93.1 cm³/mol. The van der Waals surface area contributed by atoms with Gasteiger partial charge in [0.25, 0.3) is 0 Å². The Hall–Kier alpha value is -3.16. The van der Waals surface area contributed by atoms with Gasteiger partial charge in [0.1, 0.15) is 0 Å². The van der Waals surface area contributed by atoms with Gasteiger partial charge in [-0.2, -0.15) is 0 Å². The van der Waals surface area contributed by atoms with Crippen LogP contribution in [0.4, 0.5) is 20.8 Å². The molecule has 1 aromatic carbocycles. The fraction of sp³-hybridized carbons (Fsp3) is 0.235. The first-order valence-electron chi connectivity index (χ1n) is 8.05. The van der Waals surface area contributed by atoms with Gasteiger partial charge in [-0.25, -0.2) is 19.2 Å². The second kappa shape index (κ2) is 6.39. The Bertz CT molecular complexity index is 886. The minimum Gasteiger partial charge on any atom is -0.359 e. The Morgan fingerprint density at radius 2 is 1.84 bits per heavy atom. The fourth-order valence-electron chi connectivity index (χ4n) is 2.95. The number of carbonyl (C=O) groups excluding carboxylic acids is 1. The van der Waals surface area contributed by atoms with E-state index in [-0.39, 0.29) is 6.03 Å². The molecular formula is C17H17FN6O. The van der Waals surface area contributed by atoms with Crippen molar-refractivity contribution in [3.8, 4) is 0 Å². The quantitative estimate of drug-likeness (QED) is 0.751. The van der Waals surface area contributed by atoms with Gasteiger partial charge in [0.05, 0.1) is 18.1 Å². The van der Waals surface area contributed by atoms with Crippen LogP contribution in [-0.4, -0.2) is 52.1 Å². The van der Waals surface area contributed by atoms with Gasteiger partial charge in [-0.1, -0.05) is 18.2 Å². The molecule has 2 aromatic heterocycles. The van der Waals surface area contributed by atoms with Crippen molar-refractivity contribution < 1.29 is 9.18 Å². The molecule has 7 nitrogen and oxygen atoms in total. The van der Waals surface area contributed by atoms with Gasteiger partial charge < -0.3 is 20.1 Å². The first-order chi connectivity index (χ1) is 12.2. The molecule has 2 N–H and O–H groups in total. The molecule has 1 saturated heterocycles. The van der Waals surface area contributed by atoms with Crippen molar-refractivity contribution in [1.82, 2.24) is 19.9 Å². The number of nitrogens with one attached hydrogen (secondary N) is 2. The largest absolute Gasteiger partial charge is 0.359 e. The summed E-state index contributed by atoms with van der Waals surface area (Å²) in [5.74, 6) is 0.0265. The number of benzene rings is 1. The topological polar surface area (TPSA) is 77.2 Å². The van der Waals surface area contributed by atoms with Crippen LogP contribution >= 0.6 is 0 Å². The normalized spacial score (nSPS) is 14.8. The Balaban J connectivity index is 1.39. The summed E-state index contributed by atoms with van der Waals surface area (Å²) in [6.07, 6.45) is 4.10. The lowest BCUT2D eigenvalue weighted by atomic mass is 10.2. The number of aromatic amines is 1. The zero-order valence-electron chi connectivity index (χ0n) is 13.4. The van der Waals surface area contributed by atoms with Crippen molar-refractivity contribution in [2.75, 3.05) is 36.4 Å². The lowest BCUT2D eigenvalue weighted by molar-refractivity contribution is 0.208. The molecule has 3 aromatic rings. The summed E-state index contributed by atoms with van der Waals surface area (Å²) in [4.78, 5) is 27.3. The van der Waals surface area contributed by atoms with Gasteiger partial charge in [0.15, 0.2) is 5.82 Å². The third-order valence-corrected chi connectivity index (χ3v) is 4.29. The van der Waals surface area contributed by atoms with E-state index >= 15 is 0 Å². The molecule has 0 saturated carbocycles. The number of urea groups is 1. The van der Waals surface area contributed by atoms with Gasteiger partial charge >= 0.3 is 6.03 Å². The summed E-state index contributed by atoms with van der Waals surface area (Å²) >= 11 is 0. The molecular weight excluding hydrogens is 323 g/mol. The Morgan fingerprint density at radius 3 is 2.60 bits per heavy atom. The number of halogens is 1. The van der Waals surface area contributed by atoms with Crippen molar-refractivity contribution in [2.24, 2.45) is 0 Å². The van der Waals surface area contributed by atoms with E-state index in [4.69, 9.17) is 0 Å². The SMILES string of the molecule is O=C(Nc1c[nH]c2ccccc12)N1CCN(c2ncc(F)cn2)CC1. The molecule has 0 atom stereocenters. The van der Waals surface area contributed by atoms with Crippen LogP contribution in [0.3, 0.4) is 0 Å². The monoisotopic (exact) mass is 340 g/mol. The Labute approximate surface area is 143 Å². The van der Waals surface area contributed by atoms with Crippen LogP contribution in [0.25, 0.3) is 10.9 Å². The van der Waals surface area contributed by atoms with Crippen LogP contribution in [-0.2, 0) is 0 Å². The molecule has 128 valence electrons. The number of fused-ring (bicyclic) bond motifs is 1. The molecule has 0 bridgehead atoms. The van der Waals surface area contributed by atoms with Crippen molar-refractivity contribution >= 4 is 28.6 Å². The highest BCUT2D eigenvalue weighted by Gasteiger charge is 2.23. The van der Waals surface area contributed by atoms with Crippen LogP contribution in [0.2, 0.25) is 0 Å². The minimum atomic E-state index is -0.458. The lowest BCUT2D eigenvalue weighted by Crippen LogP contribution is -2.50. The predicted octanol–water partition coefficient (Wildman–Crippen LogP) is 2.45. The Kier molecular flexibility index (Phi) is 3.93. The highest BCUT2D eigenvalue weighted by Crippen LogP contribution is 2.23. The molecule has 1 aliphatic rings. The lowest BCUT2D eigenvalue weighted by Gasteiger charge is -2.34. The van der Waals surface area contributed by atoms with Gasteiger partial charge in [-0.3, -0.25) is 0 Å². The van der Waals surface area contributed by atoms with Crippen molar-refractivity contribution in [1.29, 1.82) is 0 Å². The first-order valence-corrected chi connectivity index (χ1v) is 8.05. The molecule has 8 heteroatoms. The van der Waals surface area contributed by atoms with Gasteiger partial charge in [-0.15, -0.1) is 0 Å². The summed E-state index contributed by atoms with van der Waals surface area (Å²) in [6, 6.07) is 7.68. The highest BCUT2D eigenvalue weighted by molar-refractivity contribution is 6.01. The summed E-state index contributed by atoms with van der Waals surface area (Å²) in [5.41, 5.74) is 1.75. The van der Waals surface area contributed by atoms with Gasteiger partial charge in [0.2, 0.25) is 5.95 Å². The summed E-state index contributed by atoms with van der Waals surface area (Å²) in [6.45, 7) is 2.31. The van der Waals surface area contributed by atoms with E-state index < -0.39 is 5.82 Å². The molecule has 3 heterocycles. The molecule has 25 heavy (non-hydrogen) atoms. The smallest absolute Gasteiger partial charge is 0.322 e.